The number of hydrogen-bond donors (Lipinski definition) is 1. The van der Waals surface area contributed by atoms with E-state index in [2.05, 4.69) is 59.3 Å². The molecule has 0 aliphatic carbocycles. The van der Waals surface area contributed by atoms with E-state index in [1.807, 2.05) is 30.3 Å². The van der Waals surface area contributed by atoms with Crippen LogP contribution in [0.25, 0.3) is 10.9 Å². The number of benzene rings is 3. The number of aryl methyl sites for hydroxylation is 1. The lowest BCUT2D eigenvalue weighted by Crippen LogP contribution is -2.43. The number of Topliss-reactive ketones (excluding diaryl/α,β-unsaturated/α-hetero) is 1. The van der Waals surface area contributed by atoms with E-state index in [4.69, 9.17) is 17.0 Å². The first-order valence-electron chi connectivity index (χ1n) is 11.2. The van der Waals surface area contributed by atoms with E-state index in [0.29, 0.717) is 17.2 Å². The van der Waals surface area contributed by atoms with Crippen molar-refractivity contribution < 1.29 is 9.53 Å². The van der Waals surface area contributed by atoms with Crippen molar-refractivity contribution >= 4 is 33.9 Å². The summed E-state index contributed by atoms with van der Waals surface area (Å²) < 4.78 is 5.60. The van der Waals surface area contributed by atoms with Gasteiger partial charge in [0.1, 0.15) is 5.75 Å². The number of ether oxygens (including phenoxy) is 1. The number of fused-ring (bicyclic) bond motifs is 4. The molecule has 164 valence electrons. The molecule has 4 aromatic rings. The van der Waals surface area contributed by atoms with E-state index < -0.39 is 5.92 Å². The van der Waals surface area contributed by atoms with Crippen molar-refractivity contribution in [3.05, 3.63) is 101 Å². The fraction of sp³-hybridized carbons (Fsp3) is 0.214. The summed E-state index contributed by atoms with van der Waals surface area (Å²) in [7, 11) is 1.64. The molecule has 0 saturated carbocycles. The first-order valence-corrected chi connectivity index (χ1v) is 11.6. The fourth-order valence-electron chi connectivity index (χ4n) is 5.53. The lowest BCUT2D eigenvalue weighted by atomic mass is 9.87. The van der Waals surface area contributed by atoms with E-state index in [9.17, 15) is 4.79 Å². The number of nitrogens with zero attached hydrogens (tertiary/aromatic N) is 1. The van der Waals surface area contributed by atoms with Crippen molar-refractivity contribution in [2.75, 3.05) is 7.11 Å². The summed E-state index contributed by atoms with van der Waals surface area (Å²) in [6.07, 6.45) is 0.645. The summed E-state index contributed by atoms with van der Waals surface area (Å²) in [6.45, 7) is 2.09. The van der Waals surface area contributed by atoms with Crippen LogP contribution in [-0.4, -0.2) is 33.8 Å². The van der Waals surface area contributed by atoms with Crippen LogP contribution in [0.4, 0.5) is 0 Å². The highest BCUT2D eigenvalue weighted by molar-refractivity contribution is 7.80. The monoisotopic (exact) mass is 452 g/mol. The Labute approximate surface area is 198 Å². The van der Waals surface area contributed by atoms with Gasteiger partial charge in [0.25, 0.3) is 0 Å². The Kier molecular flexibility index (Phi) is 4.63. The average molecular weight is 453 g/mol. The summed E-state index contributed by atoms with van der Waals surface area (Å²) in [4.78, 5) is 20.4. The number of aromatic amines is 1. The van der Waals surface area contributed by atoms with Crippen LogP contribution in [-0.2, 0) is 11.2 Å². The molecule has 1 N–H and O–H groups in total. The molecule has 1 fully saturated rings. The minimum absolute atomic E-state index is 0.136. The molecule has 5 heteroatoms. The van der Waals surface area contributed by atoms with Crippen LogP contribution in [0.2, 0.25) is 0 Å². The Balaban J connectivity index is 1.55. The van der Waals surface area contributed by atoms with E-state index in [0.717, 1.165) is 22.3 Å². The van der Waals surface area contributed by atoms with Crippen LogP contribution >= 0.6 is 12.2 Å². The maximum Gasteiger partial charge on any atom is 0.169 e. The van der Waals surface area contributed by atoms with Crippen LogP contribution in [0.15, 0.2) is 72.8 Å². The van der Waals surface area contributed by atoms with Gasteiger partial charge in [-0.25, -0.2) is 0 Å². The molecule has 3 aromatic carbocycles. The summed E-state index contributed by atoms with van der Waals surface area (Å²) in [5, 5.41) is 1.18. The third kappa shape index (κ3) is 2.96. The second-order valence-electron chi connectivity index (χ2n) is 8.92. The molecule has 0 bridgehead atoms. The van der Waals surface area contributed by atoms with Crippen molar-refractivity contribution in [2.45, 2.75) is 31.3 Å². The van der Waals surface area contributed by atoms with Crippen molar-refractivity contribution in [1.82, 2.24) is 9.88 Å². The SMILES string of the molecule is COc1ccccc1[C@@H]1C(=O)[C@H]2Cc3c([nH]c4ccccc34)[C@@H](c3ccc(C)cc3)N2C1=S. The molecule has 0 radical (unpaired) electrons. The molecule has 0 unspecified atom stereocenters. The number of carbonyl (C=O) groups excluding carboxylic acids is 1. The molecule has 0 amide bonds. The number of thiocarbonyl (C=S) groups is 1. The standard InChI is InChI=1S/C28H24N2O2S/c1-16-11-13-17(14-12-16)26-25-20(18-7-3-5-9-21(18)29-25)15-22-27(31)24(28(33)30(22)26)19-8-4-6-10-23(19)32-2/h3-14,22,24,26,29H,15H2,1-2H3/t22-,24-,26-/m1/s1. The van der Waals surface area contributed by atoms with E-state index in [1.165, 1.54) is 16.5 Å². The number of nitrogens with one attached hydrogen (secondary N) is 1. The maximum atomic E-state index is 13.9. The van der Waals surface area contributed by atoms with Crippen LogP contribution in [0.3, 0.4) is 0 Å². The van der Waals surface area contributed by atoms with E-state index in [1.54, 1.807) is 7.11 Å². The highest BCUT2D eigenvalue weighted by Crippen LogP contribution is 2.48. The molecule has 1 aromatic heterocycles. The minimum atomic E-state index is -0.482. The molecule has 33 heavy (non-hydrogen) atoms. The lowest BCUT2D eigenvalue weighted by Gasteiger charge is -2.38. The Morgan fingerprint density at radius 3 is 2.52 bits per heavy atom. The van der Waals surface area contributed by atoms with Gasteiger partial charge in [-0.2, -0.15) is 0 Å². The zero-order chi connectivity index (χ0) is 22.7. The minimum Gasteiger partial charge on any atom is -0.496 e. The Morgan fingerprint density at radius 1 is 1.00 bits per heavy atom. The Morgan fingerprint density at radius 2 is 1.73 bits per heavy atom. The second-order valence-corrected chi connectivity index (χ2v) is 9.34. The summed E-state index contributed by atoms with van der Waals surface area (Å²) >= 11 is 6.05. The van der Waals surface area contributed by atoms with Crippen molar-refractivity contribution in [3.63, 3.8) is 0 Å². The molecule has 0 spiro atoms. The number of rotatable bonds is 3. The number of methoxy groups -OCH3 is 1. The number of hydrogen-bond acceptors (Lipinski definition) is 3. The van der Waals surface area contributed by atoms with Gasteiger partial charge in [0.15, 0.2) is 5.78 Å². The number of carbonyl (C=O) groups is 1. The second kappa shape index (κ2) is 7.56. The first kappa shape index (κ1) is 20.2. The molecule has 2 aliphatic heterocycles. The maximum absolute atomic E-state index is 13.9. The zero-order valence-electron chi connectivity index (χ0n) is 18.5. The third-order valence-electron chi connectivity index (χ3n) is 7.09. The highest BCUT2D eigenvalue weighted by atomic mass is 32.1. The highest BCUT2D eigenvalue weighted by Gasteiger charge is 2.52. The van der Waals surface area contributed by atoms with Gasteiger partial charge in [0.2, 0.25) is 0 Å². The predicted molar refractivity (Wildman–Crippen MR) is 134 cm³/mol. The number of H-pyrrole nitrogens is 1. The number of ketones is 1. The zero-order valence-corrected chi connectivity index (χ0v) is 19.4. The van der Waals surface area contributed by atoms with Crippen molar-refractivity contribution in [2.24, 2.45) is 0 Å². The van der Waals surface area contributed by atoms with Crippen molar-refractivity contribution in [3.8, 4) is 5.75 Å². The van der Waals surface area contributed by atoms with Crippen LogP contribution < -0.4 is 4.74 Å². The lowest BCUT2D eigenvalue weighted by molar-refractivity contribution is -0.121. The molecule has 1 saturated heterocycles. The van der Waals surface area contributed by atoms with E-state index >= 15 is 0 Å². The molecule has 3 heterocycles. The van der Waals surface area contributed by atoms with Gasteiger partial charge in [-0.05, 0) is 30.2 Å². The Hall–Kier alpha value is -3.44. The van der Waals surface area contributed by atoms with Gasteiger partial charge in [0, 0.05) is 28.6 Å². The molecule has 2 aliphatic rings. The topological polar surface area (TPSA) is 45.3 Å². The van der Waals surface area contributed by atoms with Gasteiger partial charge in [0.05, 0.1) is 30.1 Å². The van der Waals surface area contributed by atoms with Gasteiger partial charge in [-0.3, -0.25) is 4.79 Å². The normalized spacial score (nSPS) is 21.9. The van der Waals surface area contributed by atoms with Gasteiger partial charge < -0.3 is 14.6 Å². The van der Waals surface area contributed by atoms with Crippen LogP contribution in [0, 0.1) is 6.92 Å². The number of aromatic nitrogens is 1. The first-order chi connectivity index (χ1) is 16.1. The quantitative estimate of drug-likeness (QED) is 0.417. The Bertz CT molecular complexity index is 1410. The smallest absolute Gasteiger partial charge is 0.169 e. The van der Waals surface area contributed by atoms with Gasteiger partial charge in [-0.15, -0.1) is 0 Å². The number of para-hydroxylation sites is 2. The summed E-state index contributed by atoms with van der Waals surface area (Å²) in [5.74, 6) is 0.371. The van der Waals surface area contributed by atoms with Gasteiger partial charge >= 0.3 is 0 Å². The predicted octanol–water partition coefficient (Wildman–Crippen LogP) is 5.49. The van der Waals surface area contributed by atoms with Crippen LogP contribution in [0.5, 0.6) is 5.75 Å². The molecule has 4 nitrogen and oxygen atoms in total. The molecular weight excluding hydrogens is 428 g/mol. The van der Waals surface area contributed by atoms with Crippen LogP contribution in [0.1, 0.15) is 39.9 Å². The summed E-state index contributed by atoms with van der Waals surface area (Å²) in [5.41, 5.74) is 6.63. The molecule has 3 atom stereocenters. The van der Waals surface area contributed by atoms with Gasteiger partial charge in [-0.1, -0.05) is 78.4 Å². The van der Waals surface area contributed by atoms with E-state index in [-0.39, 0.29) is 17.9 Å². The molecule has 6 rings (SSSR count). The average Bonchev–Trinajstić information content (AvgIpc) is 3.33. The van der Waals surface area contributed by atoms with Crippen molar-refractivity contribution in [1.29, 1.82) is 0 Å². The fourth-order valence-corrected chi connectivity index (χ4v) is 6.01. The third-order valence-corrected chi connectivity index (χ3v) is 7.54. The summed E-state index contributed by atoms with van der Waals surface area (Å²) in [6, 6.07) is 24.2. The largest absolute Gasteiger partial charge is 0.496 e. The molecular formula is C28H24N2O2S.